The van der Waals surface area contributed by atoms with Crippen LogP contribution in [0, 0.1) is 0 Å². The Bertz CT molecular complexity index is 897. The van der Waals surface area contributed by atoms with Gasteiger partial charge >= 0.3 is 12.1 Å². The van der Waals surface area contributed by atoms with Crippen molar-refractivity contribution < 1.29 is 32.6 Å². The SMILES string of the molecule is COC(=O)[C@H](C)NC(=O)[C@H](Cc1ccccc1)NCC(O)C(NCc1ccccc1)C(F)(F)F. The zero-order valence-electron chi connectivity index (χ0n) is 19.0. The van der Waals surface area contributed by atoms with Crippen LogP contribution in [0.1, 0.15) is 18.1 Å². The summed E-state index contributed by atoms with van der Waals surface area (Å²) < 4.78 is 45.5. The molecule has 4 N–H and O–H groups in total. The van der Waals surface area contributed by atoms with Crippen molar-refractivity contribution in [2.45, 2.75) is 50.3 Å². The molecule has 0 aliphatic rings. The Morgan fingerprint density at radius 3 is 2.06 bits per heavy atom. The summed E-state index contributed by atoms with van der Waals surface area (Å²) in [5.41, 5.74) is 1.39. The average Bonchev–Trinajstić information content (AvgIpc) is 2.81. The van der Waals surface area contributed by atoms with Crippen molar-refractivity contribution in [3.05, 3.63) is 71.8 Å². The first kappa shape index (κ1) is 27.3. The van der Waals surface area contributed by atoms with E-state index in [9.17, 15) is 27.9 Å². The third kappa shape index (κ3) is 8.77. The van der Waals surface area contributed by atoms with Crippen LogP contribution in [0.15, 0.2) is 60.7 Å². The van der Waals surface area contributed by atoms with Crippen LogP contribution in [0.5, 0.6) is 0 Å². The largest absolute Gasteiger partial charge is 0.467 e. The van der Waals surface area contributed by atoms with Gasteiger partial charge < -0.3 is 20.5 Å². The van der Waals surface area contributed by atoms with Crippen LogP contribution in [0.2, 0.25) is 0 Å². The molecule has 0 aromatic heterocycles. The molecule has 34 heavy (non-hydrogen) atoms. The van der Waals surface area contributed by atoms with E-state index in [-0.39, 0.29) is 13.0 Å². The summed E-state index contributed by atoms with van der Waals surface area (Å²) in [5.74, 6) is -1.26. The Balaban J connectivity index is 2.08. The predicted octanol–water partition coefficient (Wildman–Crippen LogP) is 1.95. The number of carbonyl (C=O) groups excluding carboxylic acids is 2. The third-order valence-electron chi connectivity index (χ3n) is 5.19. The quantitative estimate of drug-likeness (QED) is 0.346. The zero-order chi connectivity index (χ0) is 25.1. The lowest BCUT2D eigenvalue weighted by molar-refractivity contribution is -0.178. The fourth-order valence-corrected chi connectivity index (χ4v) is 3.33. The molecule has 2 aromatic rings. The summed E-state index contributed by atoms with van der Waals surface area (Å²) in [6.07, 6.45) is -6.44. The molecule has 0 aliphatic heterocycles. The fraction of sp³-hybridized carbons (Fsp3) is 0.417. The number of methoxy groups -OCH3 is 1. The molecule has 7 nitrogen and oxygen atoms in total. The number of rotatable bonds is 12. The van der Waals surface area contributed by atoms with Crippen LogP contribution >= 0.6 is 0 Å². The molecule has 4 atom stereocenters. The smallest absolute Gasteiger partial charge is 0.406 e. The maximum atomic E-state index is 13.6. The molecule has 0 aliphatic carbocycles. The molecule has 2 aromatic carbocycles. The highest BCUT2D eigenvalue weighted by molar-refractivity contribution is 5.87. The number of carbonyl (C=O) groups is 2. The molecule has 0 saturated carbocycles. The van der Waals surface area contributed by atoms with Crippen molar-refractivity contribution >= 4 is 11.9 Å². The number of aliphatic hydroxyl groups excluding tert-OH is 1. The number of esters is 1. The van der Waals surface area contributed by atoms with Gasteiger partial charge in [-0.25, -0.2) is 4.79 Å². The van der Waals surface area contributed by atoms with Crippen LogP contribution in [-0.4, -0.2) is 61.0 Å². The molecule has 0 spiro atoms. The highest BCUT2D eigenvalue weighted by Crippen LogP contribution is 2.23. The first-order chi connectivity index (χ1) is 16.1. The van der Waals surface area contributed by atoms with Gasteiger partial charge in [0.25, 0.3) is 0 Å². The van der Waals surface area contributed by atoms with Gasteiger partial charge in [0.05, 0.1) is 19.3 Å². The van der Waals surface area contributed by atoms with E-state index in [1.54, 1.807) is 60.7 Å². The third-order valence-corrected chi connectivity index (χ3v) is 5.19. The van der Waals surface area contributed by atoms with E-state index in [1.165, 1.54) is 14.0 Å². The lowest BCUT2D eigenvalue weighted by atomic mass is 10.0. The maximum absolute atomic E-state index is 13.6. The second-order valence-electron chi connectivity index (χ2n) is 7.86. The number of hydrogen-bond acceptors (Lipinski definition) is 6. The molecule has 10 heteroatoms. The minimum absolute atomic E-state index is 0.0906. The van der Waals surface area contributed by atoms with Crippen molar-refractivity contribution in [1.29, 1.82) is 0 Å². The van der Waals surface area contributed by atoms with Gasteiger partial charge in [0.1, 0.15) is 12.1 Å². The number of aliphatic hydroxyl groups is 1. The van der Waals surface area contributed by atoms with Crippen LogP contribution in [-0.2, 0) is 27.3 Å². The summed E-state index contributed by atoms with van der Waals surface area (Å²) >= 11 is 0. The molecule has 186 valence electrons. The topological polar surface area (TPSA) is 99.7 Å². The number of halogens is 3. The van der Waals surface area contributed by atoms with E-state index in [1.807, 2.05) is 0 Å². The molecule has 0 heterocycles. The van der Waals surface area contributed by atoms with Crippen molar-refractivity contribution in [2.75, 3.05) is 13.7 Å². The van der Waals surface area contributed by atoms with Crippen LogP contribution in [0.25, 0.3) is 0 Å². The number of benzene rings is 2. The Morgan fingerprint density at radius 2 is 1.53 bits per heavy atom. The van der Waals surface area contributed by atoms with Crippen molar-refractivity contribution in [1.82, 2.24) is 16.0 Å². The standard InChI is InChI=1S/C24H30F3N3O4/c1-16(23(33)34-2)30-22(32)19(13-17-9-5-3-6-10-17)28-15-20(31)21(24(25,26)27)29-14-18-11-7-4-8-12-18/h3-12,16,19-21,28-29,31H,13-15H2,1-2H3,(H,30,32)/t16-,19-,20?,21?/m0/s1. The minimum Gasteiger partial charge on any atom is -0.467 e. The summed E-state index contributed by atoms with van der Waals surface area (Å²) in [6, 6.07) is 13.2. The highest BCUT2D eigenvalue weighted by Gasteiger charge is 2.44. The summed E-state index contributed by atoms with van der Waals surface area (Å²) in [7, 11) is 1.18. The molecule has 2 unspecified atom stereocenters. The summed E-state index contributed by atoms with van der Waals surface area (Å²) in [4.78, 5) is 24.4. The minimum atomic E-state index is -4.72. The first-order valence-corrected chi connectivity index (χ1v) is 10.8. The molecule has 0 bridgehead atoms. The first-order valence-electron chi connectivity index (χ1n) is 10.8. The summed E-state index contributed by atoms with van der Waals surface area (Å²) in [5, 5.41) is 17.9. The number of nitrogens with one attached hydrogen (secondary N) is 3. The second kappa shape index (κ2) is 13.1. The molecular weight excluding hydrogens is 451 g/mol. The van der Waals surface area contributed by atoms with E-state index in [2.05, 4.69) is 20.7 Å². The van der Waals surface area contributed by atoms with Crippen molar-refractivity contribution in [3.8, 4) is 0 Å². The molecule has 2 rings (SSSR count). The number of amides is 1. The van der Waals surface area contributed by atoms with E-state index in [0.29, 0.717) is 5.56 Å². The summed E-state index contributed by atoms with van der Waals surface area (Å²) in [6.45, 7) is 0.835. The monoisotopic (exact) mass is 481 g/mol. The van der Waals surface area contributed by atoms with Crippen LogP contribution in [0.4, 0.5) is 13.2 Å². The Hall–Kier alpha value is -2.95. The molecule has 1 amide bonds. The predicted molar refractivity (Wildman–Crippen MR) is 121 cm³/mol. The van der Waals surface area contributed by atoms with Crippen molar-refractivity contribution in [3.63, 3.8) is 0 Å². The van der Waals surface area contributed by atoms with Gasteiger partial charge in [0.15, 0.2) is 0 Å². The molecule has 0 radical (unpaired) electrons. The van der Waals surface area contributed by atoms with Gasteiger partial charge in [-0.15, -0.1) is 0 Å². The number of ether oxygens (including phenoxy) is 1. The van der Waals surface area contributed by atoms with Gasteiger partial charge in [-0.2, -0.15) is 13.2 Å². The van der Waals surface area contributed by atoms with E-state index < -0.39 is 48.8 Å². The number of hydrogen-bond donors (Lipinski definition) is 4. The molecular formula is C24H30F3N3O4. The lowest BCUT2D eigenvalue weighted by Gasteiger charge is -2.28. The zero-order valence-corrected chi connectivity index (χ0v) is 19.0. The Morgan fingerprint density at radius 1 is 0.971 bits per heavy atom. The van der Waals surface area contributed by atoms with E-state index in [0.717, 1.165) is 5.56 Å². The maximum Gasteiger partial charge on any atom is 0.406 e. The highest BCUT2D eigenvalue weighted by atomic mass is 19.4. The molecule has 0 saturated heterocycles. The van der Waals surface area contributed by atoms with Gasteiger partial charge in [-0.3, -0.25) is 10.1 Å². The van der Waals surface area contributed by atoms with E-state index in [4.69, 9.17) is 0 Å². The second-order valence-corrected chi connectivity index (χ2v) is 7.86. The van der Waals surface area contributed by atoms with Gasteiger partial charge in [0, 0.05) is 13.1 Å². The number of alkyl halides is 3. The average molecular weight is 482 g/mol. The van der Waals surface area contributed by atoms with Crippen LogP contribution < -0.4 is 16.0 Å². The van der Waals surface area contributed by atoms with Gasteiger partial charge in [-0.1, -0.05) is 60.7 Å². The molecule has 0 fully saturated rings. The lowest BCUT2D eigenvalue weighted by Crippen LogP contribution is -2.57. The van der Waals surface area contributed by atoms with E-state index >= 15 is 0 Å². The fourth-order valence-electron chi connectivity index (χ4n) is 3.33. The Labute approximate surface area is 196 Å². The van der Waals surface area contributed by atoms with Gasteiger partial charge in [0.2, 0.25) is 5.91 Å². The Kier molecular flexibility index (Phi) is 10.5. The van der Waals surface area contributed by atoms with Crippen molar-refractivity contribution in [2.24, 2.45) is 0 Å². The van der Waals surface area contributed by atoms with Gasteiger partial charge in [-0.05, 0) is 24.5 Å². The van der Waals surface area contributed by atoms with Crippen LogP contribution in [0.3, 0.4) is 0 Å². The normalized spacial score (nSPS) is 15.1.